The molecule has 1 amide bonds. The molecule has 24 heavy (non-hydrogen) atoms. The van der Waals surface area contributed by atoms with Crippen LogP contribution in [-0.4, -0.2) is 48.9 Å². The van der Waals surface area contributed by atoms with Crippen molar-refractivity contribution in [2.75, 3.05) is 33.2 Å². The lowest BCUT2D eigenvalue weighted by molar-refractivity contribution is -0.126. The number of carbonyl (C=O) groups is 1. The number of piperazine rings is 1. The Morgan fingerprint density at radius 2 is 1.79 bits per heavy atom. The van der Waals surface area contributed by atoms with Crippen molar-refractivity contribution in [1.29, 1.82) is 0 Å². The van der Waals surface area contributed by atoms with Crippen LogP contribution in [0.1, 0.15) is 11.1 Å². The lowest BCUT2D eigenvalue weighted by atomic mass is 10.0. The van der Waals surface area contributed by atoms with Gasteiger partial charge in [0.25, 0.3) is 5.91 Å². The fourth-order valence-corrected chi connectivity index (χ4v) is 3.25. The van der Waals surface area contributed by atoms with Crippen molar-refractivity contribution in [2.24, 2.45) is 0 Å². The zero-order valence-corrected chi connectivity index (χ0v) is 15.1. The minimum absolute atomic E-state index is 0. The molecule has 6 heteroatoms. The lowest BCUT2D eigenvalue weighted by Crippen LogP contribution is -2.47. The number of rotatable bonds is 3. The normalized spacial score (nSPS) is 15.9. The summed E-state index contributed by atoms with van der Waals surface area (Å²) < 4.78 is 13.1. The third-order valence-electron chi connectivity index (χ3n) is 4.03. The monoisotopic (exact) mass is 366 g/mol. The molecule has 128 valence electrons. The summed E-state index contributed by atoms with van der Waals surface area (Å²) >= 11 is 1.57. The molecule has 1 saturated heterocycles. The number of nitrogens with zero attached hydrogens (tertiary/aromatic N) is 2. The minimum atomic E-state index is -0.273. The van der Waals surface area contributed by atoms with Gasteiger partial charge in [0.2, 0.25) is 0 Å². The van der Waals surface area contributed by atoms with Gasteiger partial charge in [-0.2, -0.15) is 11.3 Å². The second-order valence-corrected chi connectivity index (χ2v) is 6.50. The number of amides is 1. The van der Waals surface area contributed by atoms with Crippen molar-refractivity contribution in [2.45, 2.75) is 0 Å². The summed E-state index contributed by atoms with van der Waals surface area (Å²) in [6, 6.07) is 8.17. The summed E-state index contributed by atoms with van der Waals surface area (Å²) in [7, 11) is 2.07. The van der Waals surface area contributed by atoms with E-state index in [1.807, 2.05) is 27.8 Å². The first-order valence-corrected chi connectivity index (χ1v) is 8.55. The first-order valence-electron chi connectivity index (χ1n) is 7.61. The number of likely N-dealkylation sites (N-methyl/N-ethyl adjacent to an activating group) is 1. The number of thiophene rings is 1. The Kier molecular flexibility index (Phi) is 6.54. The third-order valence-corrected chi connectivity index (χ3v) is 4.72. The van der Waals surface area contributed by atoms with Crippen molar-refractivity contribution < 1.29 is 9.18 Å². The van der Waals surface area contributed by atoms with Gasteiger partial charge in [0.05, 0.1) is 0 Å². The van der Waals surface area contributed by atoms with Gasteiger partial charge in [0, 0.05) is 31.8 Å². The van der Waals surface area contributed by atoms with E-state index in [0.29, 0.717) is 5.57 Å². The van der Waals surface area contributed by atoms with Gasteiger partial charge in [-0.3, -0.25) is 4.79 Å². The van der Waals surface area contributed by atoms with Crippen LogP contribution in [0.5, 0.6) is 0 Å². The average Bonchev–Trinajstić information content (AvgIpc) is 3.08. The standard InChI is InChI=1S/C18H19FN2OS.ClH/c1-20-7-9-21(10-8-20)18(22)17(15-6-11-23-13-15)12-14-2-4-16(19)5-3-14;/h2-6,11-13H,7-10H2,1H3;1H/b17-12+;. The van der Waals surface area contributed by atoms with Crippen LogP contribution in [0.25, 0.3) is 11.6 Å². The Morgan fingerprint density at radius 3 is 2.38 bits per heavy atom. The van der Waals surface area contributed by atoms with Crippen LogP contribution in [-0.2, 0) is 4.79 Å². The molecule has 1 aliphatic heterocycles. The smallest absolute Gasteiger partial charge is 0.254 e. The number of carbonyl (C=O) groups excluding carboxylic acids is 1. The van der Waals surface area contributed by atoms with Crippen LogP contribution in [0.4, 0.5) is 4.39 Å². The maximum atomic E-state index is 13.1. The Morgan fingerprint density at radius 1 is 1.12 bits per heavy atom. The molecule has 0 atom stereocenters. The zero-order valence-electron chi connectivity index (χ0n) is 13.4. The second-order valence-electron chi connectivity index (χ2n) is 5.72. The first-order chi connectivity index (χ1) is 11.1. The molecule has 1 aliphatic rings. The van der Waals surface area contributed by atoms with Crippen molar-refractivity contribution in [3.05, 3.63) is 58.0 Å². The highest BCUT2D eigenvalue weighted by Gasteiger charge is 2.23. The van der Waals surface area contributed by atoms with E-state index in [4.69, 9.17) is 0 Å². The molecular weight excluding hydrogens is 347 g/mol. The predicted molar refractivity (Wildman–Crippen MR) is 99.9 cm³/mol. The van der Waals surface area contributed by atoms with Gasteiger partial charge in [-0.25, -0.2) is 4.39 Å². The second kappa shape index (κ2) is 8.42. The van der Waals surface area contributed by atoms with Gasteiger partial charge < -0.3 is 9.80 Å². The fraction of sp³-hybridized carbons (Fsp3) is 0.278. The Labute approximate surface area is 151 Å². The summed E-state index contributed by atoms with van der Waals surface area (Å²) in [6.07, 6.45) is 1.85. The van der Waals surface area contributed by atoms with Gasteiger partial charge in [0.1, 0.15) is 5.82 Å². The quantitative estimate of drug-likeness (QED) is 0.774. The molecule has 2 aromatic rings. The van der Waals surface area contributed by atoms with Crippen molar-refractivity contribution in [1.82, 2.24) is 9.80 Å². The van der Waals surface area contributed by atoms with E-state index < -0.39 is 0 Å². The molecule has 0 aliphatic carbocycles. The van der Waals surface area contributed by atoms with Gasteiger partial charge in [-0.15, -0.1) is 12.4 Å². The molecule has 0 saturated carbocycles. The molecule has 0 unspecified atom stereocenters. The molecule has 1 aromatic carbocycles. The van der Waals surface area contributed by atoms with Gasteiger partial charge in [-0.05, 0) is 53.2 Å². The minimum Gasteiger partial charge on any atom is -0.336 e. The van der Waals surface area contributed by atoms with E-state index in [1.165, 1.54) is 12.1 Å². The Balaban J connectivity index is 0.00000208. The summed E-state index contributed by atoms with van der Waals surface area (Å²) in [6.45, 7) is 3.25. The first kappa shape index (κ1) is 18.6. The number of halogens is 2. The third kappa shape index (κ3) is 4.44. The highest BCUT2D eigenvalue weighted by molar-refractivity contribution is 7.08. The SMILES string of the molecule is CN1CCN(C(=O)/C(=C/c2ccc(F)cc2)c2ccsc2)CC1.Cl. The molecule has 3 rings (SSSR count). The van der Waals surface area contributed by atoms with Crippen LogP contribution in [0, 0.1) is 5.82 Å². The van der Waals surface area contributed by atoms with Gasteiger partial charge >= 0.3 is 0 Å². The molecule has 2 heterocycles. The average molecular weight is 367 g/mol. The summed E-state index contributed by atoms with van der Waals surface area (Å²) in [5, 5.41) is 3.94. The largest absolute Gasteiger partial charge is 0.336 e. The number of hydrogen-bond acceptors (Lipinski definition) is 3. The topological polar surface area (TPSA) is 23.6 Å². The zero-order chi connectivity index (χ0) is 16.2. The maximum Gasteiger partial charge on any atom is 0.254 e. The molecule has 0 N–H and O–H groups in total. The Bertz CT molecular complexity index is 692. The highest BCUT2D eigenvalue weighted by Crippen LogP contribution is 2.24. The molecule has 0 spiro atoms. The van der Waals surface area contributed by atoms with E-state index in [2.05, 4.69) is 11.9 Å². The van der Waals surface area contributed by atoms with E-state index in [9.17, 15) is 9.18 Å². The van der Waals surface area contributed by atoms with Crippen molar-refractivity contribution >= 4 is 41.3 Å². The van der Waals surface area contributed by atoms with Crippen LogP contribution in [0.15, 0.2) is 41.1 Å². The van der Waals surface area contributed by atoms with Crippen LogP contribution in [0.3, 0.4) is 0 Å². The van der Waals surface area contributed by atoms with Crippen molar-refractivity contribution in [3.8, 4) is 0 Å². The summed E-state index contributed by atoms with van der Waals surface area (Å²) in [5.74, 6) is -0.231. The van der Waals surface area contributed by atoms with E-state index in [0.717, 1.165) is 37.3 Å². The molecular formula is C18H20ClFN2OS. The van der Waals surface area contributed by atoms with Gasteiger partial charge in [-0.1, -0.05) is 12.1 Å². The molecule has 0 bridgehead atoms. The van der Waals surface area contributed by atoms with E-state index in [-0.39, 0.29) is 24.1 Å². The molecule has 3 nitrogen and oxygen atoms in total. The predicted octanol–water partition coefficient (Wildman–Crippen LogP) is 3.62. The van der Waals surface area contributed by atoms with Crippen LogP contribution in [0.2, 0.25) is 0 Å². The van der Waals surface area contributed by atoms with E-state index >= 15 is 0 Å². The molecule has 1 aromatic heterocycles. The highest BCUT2D eigenvalue weighted by atomic mass is 35.5. The fourth-order valence-electron chi connectivity index (χ4n) is 2.59. The van der Waals surface area contributed by atoms with Crippen LogP contribution < -0.4 is 0 Å². The summed E-state index contributed by atoms with van der Waals surface area (Å²) in [4.78, 5) is 17.1. The Hall–Kier alpha value is -1.69. The molecule has 1 fully saturated rings. The van der Waals surface area contributed by atoms with Crippen molar-refractivity contribution in [3.63, 3.8) is 0 Å². The van der Waals surface area contributed by atoms with Gasteiger partial charge in [0.15, 0.2) is 0 Å². The summed E-state index contributed by atoms with van der Waals surface area (Å²) in [5.41, 5.74) is 2.42. The number of hydrogen-bond donors (Lipinski definition) is 0. The molecule has 0 radical (unpaired) electrons. The maximum absolute atomic E-state index is 13.1. The van der Waals surface area contributed by atoms with Crippen LogP contribution >= 0.6 is 23.7 Å². The number of benzene rings is 1. The lowest BCUT2D eigenvalue weighted by Gasteiger charge is -2.33. The van der Waals surface area contributed by atoms with E-state index in [1.54, 1.807) is 23.5 Å².